The van der Waals surface area contributed by atoms with Gasteiger partial charge in [0.15, 0.2) is 0 Å². The number of rotatable bonds is 2. The summed E-state index contributed by atoms with van der Waals surface area (Å²) in [6.45, 7) is 5.82. The van der Waals surface area contributed by atoms with Gasteiger partial charge >= 0.3 is 0 Å². The van der Waals surface area contributed by atoms with E-state index in [0.29, 0.717) is 0 Å². The van der Waals surface area contributed by atoms with Crippen LogP contribution in [0, 0.1) is 5.92 Å². The molecule has 2 unspecified atom stereocenters. The minimum absolute atomic E-state index is 0.735. The lowest BCUT2D eigenvalue weighted by atomic mass is 10.1. The Bertz CT molecular complexity index is 89.3. The number of nitrogens with one attached hydrogen (secondary N) is 1. The van der Waals surface area contributed by atoms with Gasteiger partial charge in [-0.05, 0) is 24.6 Å². The smallest absolute Gasteiger partial charge is 0.0557 e. The van der Waals surface area contributed by atoms with Crippen molar-refractivity contribution in [3.05, 3.63) is 0 Å². The standard InChI is InChI=1S/C8H17NS/c1-3-7(2)8-9-5-4-6-10-8/h7-9H,3-6H2,1-2H3. The molecule has 1 fully saturated rings. The van der Waals surface area contributed by atoms with Crippen LogP contribution in [0.1, 0.15) is 26.7 Å². The minimum atomic E-state index is 0.735. The fourth-order valence-electron chi connectivity index (χ4n) is 1.17. The third-order valence-electron chi connectivity index (χ3n) is 2.12. The van der Waals surface area contributed by atoms with Crippen LogP contribution in [0.4, 0.5) is 0 Å². The monoisotopic (exact) mass is 159 g/mol. The van der Waals surface area contributed by atoms with Crippen LogP contribution >= 0.6 is 11.8 Å². The first-order valence-corrected chi connectivity index (χ1v) is 5.24. The lowest BCUT2D eigenvalue weighted by molar-refractivity contribution is 0.457. The summed E-state index contributed by atoms with van der Waals surface area (Å²) in [4.78, 5) is 0. The van der Waals surface area contributed by atoms with E-state index in [1.165, 1.54) is 25.1 Å². The molecule has 0 radical (unpaired) electrons. The Morgan fingerprint density at radius 3 is 3.00 bits per heavy atom. The molecule has 0 amide bonds. The van der Waals surface area contributed by atoms with E-state index in [1.807, 2.05) is 0 Å². The molecule has 0 aromatic heterocycles. The Morgan fingerprint density at radius 2 is 2.50 bits per heavy atom. The minimum Gasteiger partial charge on any atom is -0.305 e. The van der Waals surface area contributed by atoms with Crippen molar-refractivity contribution in [2.75, 3.05) is 12.3 Å². The quantitative estimate of drug-likeness (QED) is 0.662. The Labute approximate surface area is 68.0 Å². The summed E-state index contributed by atoms with van der Waals surface area (Å²) in [7, 11) is 0. The van der Waals surface area contributed by atoms with E-state index in [-0.39, 0.29) is 0 Å². The number of thioether (sulfide) groups is 1. The zero-order valence-electron chi connectivity index (χ0n) is 6.89. The van der Waals surface area contributed by atoms with Crippen LogP contribution in [-0.2, 0) is 0 Å². The summed E-state index contributed by atoms with van der Waals surface area (Å²) in [6, 6.07) is 0. The van der Waals surface area contributed by atoms with Gasteiger partial charge in [-0.25, -0.2) is 0 Å². The molecule has 0 aromatic carbocycles. The summed E-state index contributed by atoms with van der Waals surface area (Å²) < 4.78 is 0. The van der Waals surface area contributed by atoms with Gasteiger partial charge in [-0.15, -0.1) is 11.8 Å². The van der Waals surface area contributed by atoms with E-state index in [4.69, 9.17) is 0 Å². The van der Waals surface area contributed by atoms with Gasteiger partial charge in [0.2, 0.25) is 0 Å². The molecular weight excluding hydrogens is 142 g/mol. The van der Waals surface area contributed by atoms with Crippen LogP contribution in [0.15, 0.2) is 0 Å². The van der Waals surface area contributed by atoms with Crippen molar-refractivity contribution in [2.45, 2.75) is 32.1 Å². The van der Waals surface area contributed by atoms with Gasteiger partial charge in [0.25, 0.3) is 0 Å². The normalized spacial score (nSPS) is 30.0. The zero-order chi connectivity index (χ0) is 7.40. The maximum absolute atomic E-state index is 3.53. The highest BCUT2D eigenvalue weighted by molar-refractivity contribution is 7.99. The van der Waals surface area contributed by atoms with Crippen LogP contribution in [0.5, 0.6) is 0 Å². The second kappa shape index (κ2) is 4.24. The van der Waals surface area contributed by atoms with Gasteiger partial charge < -0.3 is 5.32 Å². The molecule has 0 bridgehead atoms. The number of hydrogen-bond donors (Lipinski definition) is 1. The summed E-state index contributed by atoms with van der Waals surface area (Å²) in [5.74, 6) is 2.19. The molecule has 1 aliphatic heterocycles. The summed E-state index contributed by atoms with van der Waals surface area (Å²) >= 11 is 2.08. The third kappa shape index (κ3) is 2.17. The molecule has 1 N–H and O–H groups in total. The van der Waals surface area contributed by atoms with Crippen molar-refractivity contribution >= 4 is 11.8 Å². The SMILES string of the molecule is CCC(C)C1NCCCS1. The van der Waals surface area contributed by atoms with Gasteiger partial charge in [-0.2, -0.15) is 0 Å². The van der Waals surface area contributed by atoms with Crippen molar-refractivity contribution in [3.8, 4) is 0 Å². The highest BCUT2D eigenvalue weighted by Gasteiger charge is 2.17. The molecular formula is C8H17NS. The van der Waals surface area contributed by atoms with Crippen LogP contribution in [0.3, 0.4) is 0 Å². The molecule has 0 saturated carbocycles. The van der Waals surface area contributed by atoms with Crippen LogP contribution in [-0.4, -0.2) is 17.7 Å². The molecule has 0 aliphatic carbocycles. The predicted octanol–water partition coefficient (Wildman–Crippen LogP) is 2.09. The second-order valence-corrected chi connectivity index (χ2v) is 4.23. The first kappa shape index (κ1) is 8.41. The van der Waals surface area contributed by atoms with Crippen molar-refractivity contribution in [1.29, 1.82) is 0 Å². The molecule has 10 heavy (non-hydrogen) atoms. The van der Waals surface area contributed by atoms with Gasteiger partial charge in [0.05, 0.1) is 5.37 Å². The van der Waals surface area contributed by atoms with Gasteiger partial charge in [0, 0.05) is 0 Å². The van der Waals surface area contributed by atoms with Crippen LogP contribution < -0.4 is 5.32 Å². The molecule has 1 aliphatic rings. The Morgan fingerprint density at radius 1 is 1.70 bits per heavy atom. The highest BCUT2D eigenvalue weighted by atomic mass is 32.2. The topological polar surface area (TPSA) is 12.0 Å². The van der Waals surface area contributed by atoms with Crippen LogP contribution in [0.25, 0.3) is 0 Å². The summed E-state index contributed by atoms with van der Waals surface area (Å²) in [6.07, 6.45) is 2.64. The van der Waals surface area contributed by atoms with E-state index < -0.39 is 0 Å². The first-order valence-electron chi connectivity index (χ1n) is 4.19. The maximum Gasteiger partial charge on any atom is 0.0557 e. The molecule has 1 saturated heterocycles. The molecule has 1 heterocycles. The second-order valence-electron chi connectivity index (χ2n) is 2.98. The molecule has 0 spiro atoms. The summed E-state index contributed by atoms with van der Waals surface area (Å²) in [5.41, 5.74) is 0. The molecule has 0 aromatic rings. The fourth-order valence-corrected chi connectivity index (χ4v) is 2.49. The largest absolute Gasteiger partial charge is 0.305 e. The average Bonchev–Trinajstić information content (AvgIpc) is 2.05. The van der Waals surface area contributed by atoms with E-state index in [1.54, 1.807) is 0 Å². The van der Waals surface area contributed by atoms with Gasteiger partial charge in [0.1, 0.15) is 0 Å². The molecule has 2 atom stereocenters. The fraction of sp³-hybridized carbons (Fsp3) is 1.00. The first-order chi connectivity index (χ1) is 4.84. The van der Waals surface area contributed by atoms with Crippen molar-refractivity contribution in [1.82, 2.24) is 5.32 Å². The van der Waals surface area contributed by atoms with Gasteiger partial charge in [-0.1, -0.05) is 20.3 Å². The van der Waals surface area contributed by atoms with Crippen LogP contribution in [0.2, 0.25) is 0 Å². The Balaban J connectivity index is 2.24. The Kier molecular flexibility index (Phi) is 3.57. The molecule has 2 heteroatoms. The van der Waals surface area contributed by atoms with E-state index in [0.717, 1.165) is 11.3 Å². The molecule has 1 nitrogen and oxygen atoms in total. The lowest BCUT2D eigenvalue weighted by Crippen LogP contribution is -2.36. The highest BCUT2D eigenvalue weighted by Crippen LogP contribution is 2.22. The molecule has 60 valence electrons. The summed E-state index contributed by atoms with van der Waals surface area (Å²) in [5, 5.41) is 4.27. The van der Waals surface area contributed by atoms with Crippen molar-refractivity contribution in [2.24, 2.45) is 5.92 Å². The van der Waals surface area contributed by atoms with E-state index in [9.17, 15) is 0 Å². The lowest BCUT2D eigenvalue weighted by Gasteiger charge is -2.27. The molecule has 1 rings (SSSR count). The van der Waals surface area contributed by atoms with Gasteiger partial charge in [-0.3, -0.25) is 0 Å². The Hall–Kier alpha value is 0.310. The van der Waals surface area contributed by atoms with E-state index in [2.05, 4.69) is 30.9 Å². The third-order valence-corrected chi connectivity index (χ3v) is 3.64. The maximum atomic E-state index is 3.53. The van der Waals surface area contributed by atoms with E-state index >= 15 is 0 Å². The van der Waals surface area contributed by atoms with Crippen molar-refractivity contribution in [3.63, 3.8) is 0 Å². The average molecular weight is 159 g/mol. The van der Waals surface area contributed by atoms with Crippen molar-refractivity contribution < 1.29 is 0 Å². The number of hydrogen-bond acceptors (Lipinski definition) is 2. The zero-order valence-corrected chi connectivity index (χ0v) is 7.71. The predicted molar refractivity (Wildman–Crippen MR) is 48.3 cm³/mol.